The van der Waals surface area contributed by atoms with Gasteiger partial charge in [-0.2, -0.15) is 0 Å². The molecule has 0 radical (unpaired) electrons. The Balaban J connectivity index is 1.64. The standard InChI is InChI=1S/C25H30N4O4/c1-5-32-21-9-7-19(15-22(21)33-6-2)16(3)27-23(30)10-8-20-17(4)28-24(29-25(20)31)18-11-13-26-14-12-18/h7,9,11-16H,5-6,8,10H2,1-4H3,(H,27,30)(H,28,29,31). The summed E-state index contributed by atoms with van der Waals surface area (Å²) in [6, 6.07) is 8.99. The van der Waals surface area contributed by atoms with Crippen LogP contribution in [0, 0.1) is 6.92 Å². The van der Waals surface area contributed by atoms with E-state index in [2.05, 4.69) is 20.3 Å². The van der Waals surface area contributed by atoms with Crippen molar-refractivity contribution < 1.29 is 14.3 Å². The van der Waals surface area contributed by atoms with Gasteiger partial charge in [0.15, 0.2) is 11.5 Å². The van der Waals surface area contributed by atoms with Crippen molar-refractivity contribution in [2.45, 2.75) is 46.6 Å². The van der Waals surface area contributed by atoms with Crippen molar-refractivity contribution in [1.29, 1.82) is 0 Å². The molecule has 8 heteroatoms. The minimum Gasteiger partial charge on any atom is -0.490 e. The highest BCUT2D eigenvalue weighted by molar-refractivity contribution is 5.76. The summed E-state index contributed by atoms with van der Waals surface area (Å²) >= 11 is 0. The first kappa shape index (κ1) is 24.0. The Morgan fingerprint density at radius 3 is 2.45 bits per heavy atom. The molecule has 174 valence electrons. The Bertz CT molecular complexity index is 1140. The van der Waals surface area contributed by atoms with Crippen LogP contribution in [-0.4, -0.2) is 34.1 Å². The van der Waals surface area contributed by atoms with Crippen molar-refractivity contribution in [1.82, 2.24) is 20.3 Å². The first-order chi connectivity index (χ1) is 15.9. The number of carbonyl (C=O) groups is 1. The third-order valence-electron chi connectivity index (χ3n) is 5.22. The Kier molecular flexibility index (Phi) is 8.18. The van der Waals surface area contributed by atoms with E-state index in [4.69, 9.17) is 9.47 Å². The van der Waals surface area contributed by atoms with Gasteiger partial charge in [-0.15, -0.1) is 0 Å². The van der Waals surface area contributed by atoms with E-state index in [-0.39, 0.29) is 23.9 Å². The fraction of sp³-hybridized carbons (Fsp3) is 0.360. The first-order valence-corrected chi connectivity index (χ1v) is 11.1. The maximum Gasteiger partial charge on any atom is 0.254 e. The normalized spacial score (nSPS) is 11.6. The van der Waals surface area contributed by atoms with Gasteiger partial charge in [-0.3, -0.25) is 14.6 Å². The lowest BCUT2D eigenvalue weighted by atomic mass is 10.1. The molecule has 2 aromatic heterocycles. The molecule has 1 aromatic carbocycles. The van der Waals surface area contributed by atoms with Gasteiger partial charge in [0, 0.05) is 35.6 Å². The number of hydrogen-bond donors (Lipinski definition) is 2. The summed E-state index contributed by atoms with van der Waals surface area (Å²) in [5.41, 5.74) is 2.58. The number of carbonyl (C=O) groups excluding carboxylic acids is 1. The molecule has 33 heavy (non-hydrogen) atoms. The van der Waals surface area contributed by atoms with Crippen molar-refractivity contribution in [3.63, 3.8) is 0 Å². The monoisotopic (exact) mass is 450 g/mol. The van der Waals surface area contributed by atoms with E-state index in [1.807, 2.05) is 39.0 Å². The third-order valence-corrected chi connectivity index (χ3v) is 5.22. The zero-order valence-electron chi connectivity index (χ0n) is 19.5. The number of hydrogen-bond acceptors (Lipinski definition) is 6. The number of benzene rings is 1. The highest BCUT2D eigenvalue weighted by atomic mass is 16.5. The molecule has 1 unspecified atom stereocenters. The van der Waals surface area contributed by atoms with Gasteiger partial charge in [0.2, 0.25) is 5.91 Å². The van der Waals surface area contributed by atoms with E-state index in [9.17, 15) is 9.59 Å². The van der Waals surface area contributed by atoms with E-state index >= 15 is 0 Å². The van der Waals surface area contributed by atoms with E-state index in [0.29, 0.717) is 48.2 Å². The van der Waals surface area contributed by atoms with Crippen molar-refractivity contribution in [3.05, 3.63) is 69.9 Å². The lowest BCUT2D eigenvalue weighted by Gasteiger charge is -2.17. The molecule has 0 fully saturated rings. The number of H-pyrrole nitrogens is 1. The summed E-state index contributed by atoms with van der Waals surface area (Å²) in [6.07, 6.45) is 3.77. The van der Waals surface area contributed by atoms with E-state index < -0.39 is 0 Å². The minimum absolute atomic E-state index is 0.147. The molecule has 2 N–H and O–H groups in total. The van der Waals surface area contributed by atoms with Crippen LogP contribution in [0.5, 0.6) is 11.5 Å². The second-order valence-corrected chi connectivity index (χ2v) is 7.58. The number of nitrogens with zero attached hydrogens (tertiary/aromatic N) is 2. The van der Waals surface area contributed by atoms with Gasteiger partial charge in [0.1, 0.15) is 5.82 Å². The highest BCUT2D eigenvalue weighted by Crippen LogP contribution is 2.30. The number of rotatable bonds is 10. The molecular formula is C25H30N4O4. The van der Waals surface area contributed by atoms with Crippen LogP contribution in [0.15, 0.2) is 47.5 Å². The van der Waals surface area contributed by atoms with Crippen LogP contribution in [0.2, 0.25) is 0 Å². The predicted octanol–water partition coefficient (Wildman–Crippen LogP) is 3.75. The van der Waals surface area contributed by atoms with Crippen LogP contribution >= 0.6 is 0 Å². The Morgan fingerprint density at radius 1 is 1.09 bits per heavy atom. The molecule has 8 nitrogen and oxygen atoms in total. The largest absolute Gasteiger partial charge is 0.490 e. The van der Waals surface area contributed by atoms with Crippen LogP contribution < -0.4 is 20.3 Å². The van der Waals surface area contributed by atoms with Gasteiger partial charge in [-0.25, -0.2) is 4.98 Å². The molecule has 0 aliphatic rings. The molecule has 1 atom stereocenters. The number of ether oxygens (including phenoxy) is 2. The van der Waals surface area contributed by atoms with Crippen molar-refractivity contribution >= 4 is 5.91 Å². The third kappa shape index (κ3) is 6.19. The molecule has 0 saturated carbocycles. The molecule has 0 spiro atoms. The van der Waals surface area contributed by atoms with E-state index in [0.717, 1.165) is 11.1 Å². The maximum absolute atomic E-state index is 12.6. The molecule has 3 rings (SSSR count). The molecule has 0 saturated heterocycles. The van der Waals surface area contributed by atoms with Crippen LogP contribution in [-0.2, 0) is 11.2 Å². The Labute approximate surface area is 193 Å². The van der Waals surface area contributed by atoms with Crippen molar-refractivity contribution in [2.75, 3.05) is 13.2 Å². The SMILES string of the molecule is CCOc1ccc(C(C)NC(=O)CCc2c(C)nc(-c3ccncc3)[nH]c2=O)cc1OCC. The van der Waals surface area contributed by atoms with Gasteiger partial charge in [0.05, 0.1) is 19.3 Å². The van der Waals surface area contributed by atoms with Crippen molar-refractivity contribution in [3.8, 4) is 22.9 Å². The number of aromatic nitrogens is 3. The number of pyridine rings is 1. The summed E-state index contributed by atoms with van der Waals surface area (Å²) in [4.78, 5) is 36.5. The zero-order chi connectivity index (χ0) is 23.8. The second-order valence-electron chi connectivity index (χ2n) is 7.58. The average Bonchev–Trinajstić information content (AvgIpc) is 2.80. The van der Waals surface area contributed by atoms with Gasteiger partial charge < -0.3 is 19.8 Å². The quantitative estimate of drug-likeness (QED) is 0.487. The molecule has 0 aliphatic carbocycles. The minimum atomic E-state index is -0.233. The van der Waals surface area contributed by atoms with Gasteiger partial charge >= 0.3 is 0 Å². The molecule has 0 aliphatic heterocycles. The number of aryl methyl sites for hydroxylation is 1. The average molecular weight is 451 g/mol. The fourth-order valence-electron chi connectivity index (χ4n) is 3.52. The fourth-order valence-corrected chi connectivity index (χ4v) is 3.52. The summed E-state index contributed by atoms with van der Waals surface area (Å²) in [6.45, 7) is 8.59. The predicted molar refractivity (Wildman–Crippen MR) is 126 cm³/mol. The number of amides is 1. The molecule has 2 heterocycles. The van der Waals surface area contributed by atoms with E-state index in [1.54, 1.807) is 31.5 Å². The summed E-state index contributed by atoms with van der Waals surface area (Å²) in [5, 5.41) is 2.99. The van der Waals surface area contributed by atoms with Crippen LogP contribution in [0.4, 0.5) is 0 Å². The maximum atomic E-state index is 12.6. The van der Waals surface area contributed by atoms with Gasteiger partial charge in [-0.1, -0.05) is 6.07 Å². The summed E-state index contributed by atoms with van der Waals surface area (Å²) < 4.78 is 11.3. The molecule has 1 amide bonds. The molecule has 3 aromatic rings. The lowest BCUT2D eigenvalue weighted by molar-refractivity contribution is -0.121. The van der Waals surface area contributed by atoms with Gasteiger partial charge in [-0.05, 0) is 63.9 Å². The summed E-state index contributed by atoms with van der Waals surface area (Å²) in [7, 11) is 0. The Hall–Kier alpha value is -3.68. The second kappa shape index (κ2) is 11.3. The van der Waals surface area contributed by atoms with Crippen molar-refractivity contribution in [2.24, 2.45) is 0 Å². The number of nitrogens with one attached hydrogen (secondary N) is 2. The molecular weight excluding hydrogens is 420 g/mol. The van der Waals surface area contributed by atoms with Crippen LogP contribution in [0.3, 0.4) is 0 Å². The number of aromatic amines is 1. The molecule has 0 bridgehead atoms. The lowest BCUT2D eigenvalue weighted by Crippen LogP contribution is -2.28. The topological polar surface area (TPSA) is 106 Å². The van der Waals surface area contributed by atoms with Crippen LogP contribution in [0.25, 0.3) is 11.4 Å². The smallest absolute Gasteiger partial charge is 0.254 e. The highest BCUT2D eigenvalue weighted by Gasteiger charge is 2.15. The first-order valence-electron chi connectivity index (χ1n) is 11.1. The Morgan fingerprint density at radius 2 is 1.79 bits per heavy atom. The van der Waals surface area contributed by atoms with Gasteiger partial charge in [0.25, 0.3) is 5.56 Å². The zero-order valence-corrected chi connectivity index (χ0v) is 19.5. The van der Waals surface area contributed by atoms with E-state index in [1.165, 1.54) is 0 Å². The summed E-state index contributed by atoms with van der Waals surface area (Å²) in [5.74, 6) is 1.67. The van der Waals surface area contributed by atoms with Crippen LogP contribution in [0.1, 0.15) is 50.1 Å².